The van der Waals surface area contributed by atoms with Crippen LogP contribution in [0.3, 0.4) is 0 Å². The van der Waals surface area contributed by atoms with Gasteiger partial charge in [0.05, 0.1) is 24.8 Å². The Morgan fingerprint density at radius 2 is 1.93 bits per heavy atom. The van der Waals surface area contributed by atoms with E-state index in [-0.39, 0.29) is 38.0 Å². The number of nitrogens with one attached hydrogen (secondary N) is 2. The second-order valence-electron chi connectivity index (χ2n) is 13.4. The van der Waals surface area contributed by atoms with E-state index in [0.717, 1.165) is 35.7 Å². The fraction of sp³-hybridized carbons (Fsp3) is 0.571. The van der Waals surface area contributed by atoms with Gasteiger partial charge >= 0.3 is 12.1 Å². The maximum atomic E-state index is 14.2. The third-order valence-corrected chi connectivity index (χ3v) is 8.76. The van der Waals surface area contributed by atoms with Crippen molar-refractivity contribution in [3.05, 3.63) is 54.2 Å². The summed E-state index contributed by atoms with van der Waals surface area (Å²) in [6.45, 7) is 7.61. The third-order valence-electron chi connectivity index (χ3n) is 8.76. The lowest BCUT2D eigenvalue weighted by atomic mass is 10.0. The zero-order valence-electron chi connectivity index (χ0n) is 27.3. The van der Waals surface area contributed by atoms with Crippen molar-refractivity contribution < 1.29 is 33.4 Å². The van der Waals surface area contributed by atoms with Crippen molar-refractivity contribution in [2.45, 2.75) is 109 Å². The number of carbonyl (C=O) groups is 4. The number of ether oxygens (including phenoxy) is 3. The third kappa shape index (κ3) is 7.86. The van der Waals surface area contributed by atoms with E-state index in [9.17, 15) is 19.2 Å². The minimum absolute atomic E-state index is 0.150. The average Bonchev–Trinajstić information content (AvgIpc) is 3.53. The number of para-hydroxylation sites is 1. The highest BCUT2D eigenvalue weighted by Crippen LogP contribution is 2.46. The molecule has 1 aromatic heterocycles. The largest absolute Gasteiger partial charge is 0.464 e. The molecule has 248 valence electrons. The molecule has 3 aliphatic rings. The maximum Gasteiger partial charge on any atom is 0.408 e. The highest BCUT2D eigenvalue weighted by Gasteiger charge is 2.62. The van der Waals surface area contributed by atoms with Crippen LogP contribution in [0.5, 0.6) is 0 Å². The topological polar surface area (TPSA) is 136 Å². The lowest BCUT2D eigenvalue weighted by Crippen LogP contribution is -2.56. The van der Waals surface area contributed by atoms with Crippen molar-refractivity contribution in [1.29, 1.82) is 0 Å². The van der Waals surface area contributed by atoms with Gasteiger partial charge in [-0.15, -0.1) is 0 Å². The van der Waals surface area contributed by atoms with Crippen LogP contribution in [-0.2, 0) is 35.2 Å². The molecule has 3 amide bonds. The standard InChI is InChI=1S/C35H46N4O7/c1-5-44-32(42)35-20-25(35)16-9-7-6-8-10-17-27(37-33(43)46-34(2,3)4)31(41)39-21-26(19-28(39)30(40)38-35)45-22-24-14-11-13-23-15-12-18-36-29(23)24/h9,11-16,18,25-28H,5-8,10,17,19-22H2,1-4H3,(H,37,43)(H,38,40)/t25-,26-,27+,28+,35-/m1/s1. The Morgan fingerprint density at radius 1 is 1.13 bits per heavy atom. The van der Waals surface area contributed by atoms with Gasteiger partial charge in [0.1, 0.15) is 23.2 Å². The Labute approximate surface area is 270 Å². The van der Waals surface area contributed by atoms with Crippen LogP contribution in [0.1, 0.15) is 78.2 Å². The minimum atomic E-state index is -1.17. The van der Waals surface area contributed by atoms with E-state index in [1.54, 1.807) is 33.9 Å². The maximum absolute atomic E-state index is 14.2. The first-order valence-corrected chi connectivity index (χ1v) is 16.4. The molecule has 0 radical (unpaired) electrons. The molecule has 5 rings (SSSR count). The number of carbonyl (C=O) groups excluding carboxylic acids is 4. The van der Waals surface area contributed by atoms with E-state index in [1.165, 1.54) is 4.90 Å². The normalized spacial score (nSPS) is 27.1. The number of allylic oxidation sites excluding steroid dienone is 1. The van der Waals surface area contributed by atoms with Crippen molar-refractivity contribution in [3.8, 4) is 0 Å². The highest BCUT2D eigenvalue weighted by atomic mass is 16.6. The molecule has 2 fully saturated rings. The summed E-state index contributed by atoms with van der Waals surface area (Å²) in [7, 11) is 0. The van der Waals surface area contributed by atoms with Crippen LogP contribution in [0.4, 0.5) is 4.79 Å². The van der Waals surface area contributed by atoms with Gasteiger partial charge in [0.2, 0.25) is 11.8 Å². The molecule has 0 spiro atoms. The Morgan fingerprint density at radius 3 is 2.72 bits per heavy atom. The summed E-state index contributed by atoms with van der Waals surface area (Å²) >= 11 is 0. The minimum Gasteiger partial charge on any atom is -0.464 e. The Bertz CT molecular complexity index is 1470. The summed E-state index contributed by atoms with van der Waals surface area (Å²) in [5.74, 6) is -1.48. The molecule has 1 saturated heterocycles. The Kier molecular flexibility index (Phi) is 10.3. The number of hydrogen-bond donors (Lipinski definition) is 2. The molecule has 2 aromatic rings. The van der Waals surface area contributed by atoms with E-state index in [1.807, 2.05) is 42.5 Å². The van der Waals surface area contributed by atoms with Gasteiger partial charge in [-0.25, -0.2) is 9.59 Å². The Balaban J connectivity index is 1.41. The molecular formula is C35H46N4O7. The number of amides is 3. The predicted molar refractivity (Wildman–Crippen MR) is 171 cm³/mol. The molecular weight excluding hydrogens is 588 g/mol. The first kappa shape index (κ1) is 33.4. The average molecular weight is 635 g/mol. The number of fused-ring (bicyclic) bond motifs is 3. The molecule has 46 heavy (non-hydrogen) atoms. The summed E-state index contributed by atoms with van der Waals surface area (Å²) in [6.07, 6.45) is 8.94. The lowest BCUT2D eigenvalue weighted by Gasteiger charge is -2.30. The van der Waals surface area contributed by atoms with Crippen LogP contribution >= 0.6 is 0 Å². The van der Waals surface area contributed by atoms with Gasteiger partial charge in [0, 0.05) is 36.0 Å². The van der Waals surface area contributed by atoms with Crippen LogP contribution < -0.4 is 10.6 Å². The zero-order chi connectivity index (χ0) is 32.9. The molecule has 1 saturated carbocycles. The number of rotatable bonds is 6. The first-order valence-electron chi connectivity index (χ1n) is 16.4. The molecule has 2 aliphatic heterocycles. The number of benzene rings is 1. The number of esters is 1. The fourth-order valence-electron chi connectivity index (χ4n) is 6.37. The molecule has 1 aliphatic carbocycles. The number of nitrogens with zero attached hydrogens (tertiary/aromatic N) is 2. The summed E-state index contributed by atoms with van der Waals surface area (Å²) in [4.78, 5) is 60.2. The van der Waals surface area contributed by atoms with Gasteiger partial charge in [-0.1, -0.05) is 49.3 Å². The van der Waals surface area contributed by atoms with Gasteiger partial charge in [-0.2, -0.15) is 0 Å². The molecule has 11 heteroatoms. The zero-order valence-corrected chi connectivity index (χ0v) is 27.3. The SMILES string of the molecule is CCOC(=O)[C@@]12C[C@H]1C=CCCCCC[C@H](NC(=O)OC(C)(C)C)C(=O)N1C[C@H](OCc3cccc4cccnc34)C[C@H]1C(=O)N2. The number of alkyl carbamates (subject to hydrolysis) is 1. The second kappa shape index (κ2) is 14.2. The van der Waals surface area contributed by atoms with Gasteiger partial charge in [0.25, 0.3) is 0 Å². The van der Waals surface area contributed by atoms with Crippen molar-refractivity contribution in [2.24, 2.45) is 5.92 Å². The summed E-state index contributed by atoms with van der Waals surface area (Å²) in [6, 6.07) is 7.95. The molecule has 0 bridgehead atoms. The molecule has 1 aromatic carbocycles. The predicted octanol–water partition coefficient (Wildman–Crippen LogP) is 4.57. The van der Waals surface area contributed by atoms with Crippen LogP contribution in [0.15, 0.2) is 48.7 Å². The van der Waals surface area contributed by atoms with E-state index >= 15 is 0 Å². The van der Waals surface area contributed by atoms with Crippen molar-refractivity contribution in [3.63, 3.8) is 0 Å². The van der Waals surface area contributed by atoms with Crippen molar-refractivity contribution in [2.75, 3.05) is 13.2 Å². The number of aromatic nitrogens is 1. The monoisotopic (exact) mass is 634 g/mol. The van der Waals surface area contributed by atoms with Gasteiger partial charge in [-0.05, 0) is 59.4 Å². The lowest BCUT2D eigenvalue weighted by molar-refractivity contribution is -0.150. The summed E-state index contributed by atoms with van der Waals surface area (Å²) < 4.78 is 17.2. The van der Waals surface area contributed by atoms with Gasteiger partial charge in [-0.3, -0.25) is 14.6 Å². The summed E-state index contributed by atoms with van der Waals surface area (Å²) in [5.41, 5.74) is -0.179. The second-order valence-corrected chi connectivity index (χ2v) is 13.4. The number of pyridine rings is 1. The van der Waals surface area contributed by atoms with Crippen LogP contribution in [0.25, 0.3) is 10.9 Å². The van der Waals surface area contributed by atoms with E-state index in [0.29, 0.717) is 19.3 Å². The van der Waals surface area contributed by atoms with Crippen molar-refractivity contribution >= 4 is 34.8 Å². The molecule has 0 unspecified atom stereocenters. The number of hydrogen-bond acceptors (Lipinski definition) is 8. The van der Waals surface area contributed by atoms with Crippen LogP contribution in [0, 0.1) is 5.92 Å². The smallest absolute Gasteiger partial charge is 0.408 e. The van der Waals surface area contributed by atoms with E-state index in [2.05, 4.69) is 15.6 Å². The molecule has 5 atom stereocenters. The van der Waals surface area contributed by atoms with Gasteiger partial charge < -0.3 is 29.7 Å². The van der Waals surface area contributed by atoms with Gasteiger partial charge in [0.15, 0.2) is 0 Å². The summed E-state index contributed by atoms with van der Waals surface area (Å²) in [5, 5.41) is 6.75. The molecule has 3 heterocycles. The van der Waals surface area contributed by atoms with Crippen LogP contribution in [0.2, 0.25) is 0 Å². The first-order chi connectivity index (χ1) is 22.0. The van der Waals surface area contributed by atoms with Crippen LogP contribution in [-0.4, -0.2) is 76.2 Å². The Hall–Kier alpha value is -3.99. The van der Waals surface area contributed by atoms with E-state index < -0.39 is 47.3 Å². The quantitative estimate of drug-likeness (QED) is 0.349. The van der Waals surface area contributed by atoms with E-state index in [4.69, 9.17) is 14.2 Å². The molecule has 2 N–H and O–H groups in total. The highest BCUT2D eigenvalue weighted by molar-refractivity contribution is 5.96. The van der Waals surface area contributed by atoms with Crippen molar-refractivity contribution in [1.82, 2.24) is 20.5 Å². The fourth-order valence-corrected chi connectivity index (χ4v) is 6.37. The molecule has 11 nitrogen and oxygen atoms in total.